The molecule has 0 spiro atoms. The van der Waals surface area contributed by atoms with Gasteiger partial charge in [0.2, 0.25) is 5.91 Å². The largest absolute Gasteiger partial charge is 0.385 e. The molecular formula is C15H30N2O2. The third-order valence-corrected chi connectivity index (χ3v) is 3.78. The maximum atomic E-state index is 12.4. The minimum Gasteiger partial charge on any atom is -0.385 e. The lowest BCUT2D eigenvalue weighted by atomic mass is 10.0. The van der Waals surface area contributed by atoms with Crippen molar-refractivity contribution >= 4 is 5.91 Å². The maximum absolute atomic E-state index is 12.4. The lowest BCUT2D eigenvalue weighted by molar-refractivity contribution is -0.131. The van der Waals surface area contributed by atoms with Crippen molar-refractivity contribution in [3.63, 3.8) is 0 Å². The normalized spacial score (nSPS) is 23.9. The Morgan fingerprint density at radius 3 is 2.37 bits per heavy atom. The molecule has 4 heteroatoms. The van der Waals surface area contributed by atoms with Crippen LogP contribution in [0, 0.1) is 11.8 Å². The van der Waals surface area contributed by atoms with Gasteiger partial charge >= 0.3 is 0 Å². The van der Waals surface area contributed by atoms with Crippen LogP contribution in [0.15, 0.2) is 0 Å². The summed E-state index contributed by atoms with van der Waals surface area (Å²) in [5.41, 5.74) is 0. The minimum atomic E-state index is -0.00799. The molecule has 2 atom stereocenters. The van der Waals surface area contributed by atoms with Crippen molar-refractivity contribution in [1.29, 1.82) is 0 Å². The number of hydrogen-bond donors (Lipinski definition) is 1. The Labute approximate surface area is 117 Å². The molecule has 0 bridgehead atoms. The van der Waals surface area contributed by atoms with E-state index in [4.69, 9.17) is 4.74 Å². The second-order valence-electron chi connectivity index (χ2n) is 6.16. The molecule has 0 aliphatic carbocycles. The van der Waals surface area contributed by atoms with E-state index < -0.39 is 0 Å². The van der Waals surface area contributed by atoms with E-state index in [2.05, 4.69) is 33.0 Å². The third-order valence-electron chi connectivity index (χ3n) is 3.78. The first-order chi connectivity index (χ1) is 8.99. The van der Waals surface area contributed by atoms with Crippen molar-refractivity contribution in [2.75, 3.05) is 20.3 Å². The number of ether oxygens (including phenoxy) is 1. The lowest BCUT2D eigenvalue weighted by Crippen LogP contribution is -2.42. The van der Waals surface area contributed by atoms with Gasteiger partial charge in [0, 0.05) is 20.3 Å². The molecule has 1 heterocycles. The molecule has 112 valence electrons. The van der Waals surface area contributed by atoms with Crippen molar-refractivity contribution in [2.24, 2.45) is 11.8 Å². The molecule has 1 rings (SSSR count). The average Bonchev–Trinajstić information content (AvgIpc) is 2.67. The number of carbonyl (C=O) groups is 1. The molecule has 1 aliphatic rings. The first kappa shape index (κ1) is 16.4. The van der Waals surface area contributed by atoms with Gasteiger partial charge in [0.05, 0.1) is 12.2 Å². The highest BCUT2D eigenvalue weighted by Gasteiger charge is 2.40. The van der Waals surface area contributed by atoms with Crippen LogP contribution in [-0.2, 0) is 9.53 Å². The zero-order chi connectivity index (χ0) is 14.4. The van der Waals surface area contributed by atoms with Gasteiger partial charge in [-0.1, -0.05) is 27.7 Å². The van der Waals surface area contributed by atoms with E-state index >= 15 is 0 Å². The summed E-state index contributed by atoms with van der Waals surface area (Å²) >= 11 is 0. The topological polar surface area (TPSA) is 41.6 Å². The van der Waals surface area contributed by atoms with Crippen LogP contribution in [-0.4, -0.2) is 43.3 Å². The molecule has 2 unspecified atom stereocenters. The van der Waals surface area contributed by atoms with Crippen LogP contribution in [0.25, 0.3) is 0 Å². The number of nitrogens with one attached hydrogen (secondary N) is 1. The predicted molar refractivity (Wildman–Crippen MR) is 77.8 cm³/mol. The van der Waals surface area contributed by atoms with Gasteiger partial charge in [-0.3, -0.25) is 10.1 Å². The Morgan fingerprint density at radius 1 is 1.16 bits per heavy atom. The predicted octanol–water partition coefficient (Wildman–Crippen LogP) is 2.24. The molecule has 1 N–H and O–H groups in total. The van der Waals surface area contributed by atoms with Gasteiger partial charge in [-0.15, -0.1) is 0 Å². The highest BCUT2D eigenvalue weighted by atomic mass is 16.5. The molecule has 1 saturated heterocycles. The van der Waals surface area contributed by atoms with E-state index in [0.717, 1.165) is 32.4 Å². The fourth-order valence-electron chi connectivity index (χ4n) is 2.65. The number of hydrogen-bond acceptors (Lipinski definition) is 3. The van der Waals surface area contributed by atoms with Gasteiger partial charge in [-0.05, 0) is 31.1 Å². The monoisotopic (exact) mass is 270 g/mol. The first-order valence-electron chi connectivity index (χ1n) is 7.54. The summed E-state index contributed by atoms with van der Waals surface area (Å²) in [5.74, 6) is 1.08. The van der Waals surface area contributed by atoms with Gasteiger partial charge in [0.15, 0.2) is 0 Å². The summed E-state index contributed by atoms with van der Waals surface area (Å²) in [6.07, 6.45) is 3.45. The lowest BCUT2D eigenvalue weighted by Gasteiger charge is -2.27. The van der Waals surface area contributed by atoms with E-state index in [0.29, 0.717) is 11.8 Å². The highest BCUT2D eigenvalue weighted by molar-refractivity contribution is 5.84. The average molecular weight is 270 g/mol. The summed E-state index contributed by atoms with van der Waals surface area (Å²) in [6.45, 7) is 10.2. The zero-order valence-electron chi connectivity index (χ0n) is 13.1. The van der Waals surface area contributed by atoms with Crippen molar-refractivity contribution in [1.82, 2.24) is 10.2 Å². The number of carbonyl (C=O) groups excluding carboxylic acids is 1. The molecule has 0 saturated carbocycles. The Hall–Kier alpha value is -0.610. The molecule has 1 aliphatic heterocycles. The van der Waals surface area contributed by atoms with Crippen LogP contribution in [0.2, 0.25) is 0 Å². The number of methoxy groups -OCH3 is 1. The van der Waals surface area contributed by atoms with Crippen molar-refractivity contribution in [3.8, 4) is 0 Å². The highest BCUT2D eigenvalue weighted by Crippen LogP contribution is 2.22. The van der Waals surface area contributed by atoms with Crippen LogP contribution in [0.5, 0.6) is 0 Å². The third kappa shape index (κ3) is 4.46. The smallest absolute Gasteiger partial charge is 0.241 e. The Balaban J connectivity index is 2.50. The molecule has 19 heavy (non-hydrogen) atoms. The van der Waals surface area contributed by atoms with E-state index in [-0.39, 0.29) is 18.1 Å². The van der Waals surface area contributed by atoms with E-state index in [1.165, 1.54) is 0 Å². The number of nitrogens with zero attached hydrogens (tertiary/aromatic N) is 1. The molecular weight excluding hydrogens is 240 g/mol. The van der Waals surface area contributed by atoms with Gasteiger partial charge in [-0.2, -0.15) is 0 Å². The zero-order valence-corrected chi connectivity index (χ0v) is 13.1. The Morgan fingerprint density at radius 2 is 1.84 bits per heavy atom. The molecule has 0 aromatic carbocycles. The molecule has 4 nitrogen and oxygen atoms in total. The van der Waals surface area contributed by atoms with E-state index in [9.17, 15) is 4.79 Å². The minimum absolute atomic E-state index is 0.00799. The summed E-state index contributed by atoms with van der Waals surface area (Å²) < 4.78 is 5.05. The number of unbranched alkanes of at least 4 members (excludes halogenated alkanes) is 2. The van der Waals surface area contributed by atoms with Crippen molar-refractivity contribution in [3.05, 3.63) is 0 Å². The van der Waals surface area contributed by atoms with Gasteiger partial charge in [0.25, 0.3) is 0 Å². The number of rotatable bonds is 8. The molecule has 0 aromatic rings. The Kier molecular flexibility index (Phi) is 6.80. The fraction of sp³-hybridized carbons (Fsp3) is 0.933. The van der Waals surface area contributed by atoms with Crippen LogP contribution in [0.4, 0.5) is 0 Å². The van der Waals surface area contributed by atoms with Crippen LogP contribution >= 0.6 is 0 Å². The molecule has 0 radical (unpaired) electrons. The summed E-state index contributed by atoms with van der Waals surface area (Å²) in [5, 5.41) is 3.49. The second kappa shape index (κ2) is 7.85. The van der Waals surface area contributed by atoms with Crippen LogP contribution < -0.4 is 5.32 Å². The standard InChI is InChI=1S/C15H30N2O2/c1-11(2)13-15(18)17(14(16-13)12(3)4)9-7-6-8-10-19-5/h11-14,16H,6-10H2,1-5H3. The molecule has 0 aromatic heterocycles. The maximum Gasteiger partial charge on any atom is 0.241 e. The van der Waals surface area contributed by atoms with Crippen LogP contribution in [0.3, 0.4) is 0 Å². The summed E-state index contributed by atoms with van der Waals surface area (Å²) in [6, 6.07) is -0.00799. The SMILES string of the molecule is COCCCCCN1C(=O)C(C(C)C)NC1C(C)C. The number of amides is 1. The van der Waals surface area contributed by atoms with E-state index in [1.807, 2.05) is 4.90 Å². The fourth-order valence-corrected chi connectivity index (χ4v) is 2.65. The van der Waals surface area contributed by atoms with Gasteiger partial charge < -0.3 is 9.64 Å². The summed E-state index contributed by atoms with van der Waals surface area (Å²) in [7, 11) is 1.73. The quantitative estimate of drug-likeness (QED) is 0.688. The van der Waals surface area contributed by atoms with Crippen molar-refractivity contribution in [2.45, 2.75) is 59.2 Å². The van der Waals surface area contributed by atoms with Gasteiger partial charge in [-0.25, -0.2) is 0 Å². The van der Waals surface area contributed by atoms with Gasteiger partial charge in [0.1, 0.15) is 0 Å². The molecule has 1 amide bonds. The summed E-state index contributed by atoms with van der Waals surface area (Å²) in [4.78, 5) is 14.5. The van der Waals surface area contributed by atoms with E-state index in [1.54, 1.807) is 7.11 Å². The van der Waals surface area contributed by atoms with Crippen molar-refractivity contribution < 1.29 is 9.53 Å². The first-order valence-corrected chi connectivity index (χ1v) is 7.54. The Bertz CT molecular complexity index is 279. The van der Waals surface area contributed by atoms with Crippen LogP contribution in [0.1, 0.15) is 47.0 Å². The molecule has 1 fully saturated rings. The second-order valence-corrected chi connectivity index (χ2v) is 6.16.